The third-order valence-corrected chi connectivity index (χ3v) is 7.23. The summed E-state index contributed by atoms with van der Waals surface area (Å²) in [6.45, 7) is 5.93. The summed E-state index contributed by atoms with van der Waals surface area (Å²) in [7, 11) is 3.67. The van der Waals surface area contributed by atoms with E-state index in [1.807, 2.05) is 18.0 Å². The monoisotopic (exact) mass is 526 g/mol. The number of aliphatic imine (C=N–C) groups is 1. The van der Waals surface area contributed by atoms with E-state index in [0.717, 1.165) is 24.4 Å². The number of phenols is 1. The molecule has 0 bridgehead atoms. The molecule has 200 valence electrons. The molecule has 1 aliphatic rings. The molecule has 0 amide bonds. The number of carboxylic acid groups (broad SMARTS) is 1. The maximum atomic E-state index is 13.9. The van der Waals surface area contributed by atoms with Crippen LogP contribution in [0, 0.1) is 0 Å². The van der Waals surface area contributed by atoms with Crippen LogP contribution in [-0.4, -0.2) is 79.7 Å². The number of fused-ring (bicyclic) bond motifs is 1. The van der Waals surface area contributed by atoms with Gasteiger partial charge in [-0.3, -0.25) is 19.0 Å². The van der Waals surface area contributed by atoms with Gasteiger partial charge in [-0.15, -0.1) is 0 Å². The zero-order valence-electron chi connectivity index (χ0n) is 21.9. The smallest absolute Gasteiger partial charge is 0.335 e. The molecule has 1 atom stereocenters. The molecule has 0 unspecified atom stereocenters. The molecule has 1 fully saturated rings. The molecule has 5 rings (SSSR count). The number of rotatable bonds is 7. The van der Waals surface area contributed by atoms with Crippen molar-refractivity contribution in [2.45, 2.75) is 12.5 Å². The molecule has 1 saturated heterocycles. The molecule has 3 heterocycles. The standard InChI is InChI=1S/C29H30N6O4/c1-4-32(3)26(30-2)18-33-15-13-22(17-33)34-27-24(6-5-14-31-27)35(29(34)39)23-12-11-21(16-25(23)36)19-7-9-20(10-8-19)28(37)38/h4-12,14,16,22,36H,1,13,15,17-18H2,2-3H3,(H,37,38)/t22-/m0/s1. The zero-order valence-corrected chi connectivity index (χ0v) is 21.9. The van der Waals surface area contributed by atoms with Gasteiger partial charge in [0.25, 0.3) is 0 Å². The Hall–Kier alpha value is -4.70. The number of likely N-dealkylation sites (N-methyl/N-ethyl adjacent to an activating group) is 1. The Labute approximate surface area is 225 Å². The number of aromatic hydroxyl groups is 1. The van der Waals surface area contributed by atoms with Crippen LogP contribution in [0.1, 0.15) is 22.8 Å². The third-order valence-electron chi connectivity index (χ3n) is 7.23. The first-order chi connectivity index (χ1) is 18.8. The predicted octanol–water partition coefficient (Wildman–Crippen LogP) is 3.61. The lowest BCUT2D eigenvalue weighted by atomic mass is 10.0. The van der Waals surface area contributed by atoms with Gasteiger partial charge in [-0.1, -0.05) is 24.8 Å². The van der Waals surface area contributed by atoms with Crippen LogP contribution in [0.15, 0.2) is 83.4 Å². The van der Waals surface area contributed by atoms with Crippen molar-refractivity contribution in [3.63, 3.8) is 0 Å². The summed E-state index contributed by atoms with van der Waals surface area (Å²) < 4.78 is 3.23. The number of hydrogen-bond donors (Lipinski definition) is 2. The molecule has 0 spiro atoms. The first-order valence-corrected chi connectivity index (χ1v) is 12.6. The average Bonchev–Trinajstić information content (AvgIpc) is 3.52. The number of carboxylic acids is 1. The number of amidine groups is 1. The highest BCUT2D eigenvalue weighted by Crippen LogP contribution is 2.31. The van der Waals surface area contributed by atoms with Crippen molar-refractivity contribution in [3.8, 4) is 22.6 Å². The van der Waals surface area contributed by atoms with Gasteiger partial charge >= 0.3 is 11.7 Å². The van der Waals surface area contributed by atoms with Gasteiger partial charge in [0.2, 0.25) is 0 Å². The molecule has 2 aromatic carbocycles. The Kier molecular flexibility index (Phi) is 7.03. The Bertz CT molecular complexity index is 1640. The minimum Gasteiger partial charge on any atom is -0.506 e. The summed E-state index contributed by atoms with van der Waals surface area (Å²) in [5.74, 6) is -0.178. The van der Waals surface area contributed by atoms with Crippen molar-refractivity contribution in [3.05, 3.63) is 89.6 Å². The van der Waals surface area contributed by atoms with Crippen LogP contribution in [0.25, 0.3) is 28.0 Å². The van der Waals surface area contributed by atoms with Crippen LogP contribution in [0.2, 0.25) is 0 Å². The van der Waals surface area contributed by atoms with Gasteiger partial charge in [0.15, 0.2) is 5.65 Å². The summed E-state index contributed by atoms with van der Waals surface area (Å²) in [5.41, 5.74) is 2.89. The molecular formula is C29H30N6O4. The van der Waals surface area contributed by atoms with Crippen LogP contribution in [0.4, 0.5) is 0 Å². The van der Waals surface area contributed by atoms with E-state index in [0.29, 0.717) is 35.5 Å². The predicted molar refractivity (Wildman–Crippen MR) is 151 cm³/mol. The van der Waals surface area contributed by atoms with E-state index >= 15 is 0 Å². The van der Waals surface area contributed by atoms with Crippen LogP contribution >= 0.6 is 0 Å². The molecule has 0 saturated carbocycles. The fraction of sp³-hybridized carbons (Fsp3) is 0.241. The Morgan fingerprint density at radius 2 is 1.95 bits per heavy atom. The Balaban J connectivity index is 1.49. The number of phenolic OH excluding ortho intramolecular Hbond substituents is 1. The van der Waals surface area contributed by atoms with Gasteiger partial charge < -0.3 is 15.1 Å². The van der Waals surface area contributed by atoms with Crippen molar-refractivity contribution in [1.82, 2.24) is 23.9 Å². The second-order valence-electron chi connectivity index (χ2n) is 9.53. The van der Waals surface area contributed by atoms with Gasteiger partial charge in [0.1, 0.15) is 11.6 Å². The van der Waals surface area contributed by atoms with E-state index in [1.54, 1.807) is 60.4 Å². The first kappa shape index (κ1) is 25.9. The van der Waals surface area contributed by atoms with Crippen LogP contribution < -0.4 is 5.69 Å². The minimum atomic E-state index is -1.00. The highest BCUT2D eigenvalue weighted by Gasteiger charge is 2.30. The van der Waals surface area contributed by atoms with E-state index in [2.05, 4.69) is 21.5 Å². The second kappa shape index (κ2) is 10.6. The van der Waals surface area contributed by atoms with Gasteiger partial charge in [-0.25, -0.2) is 14.6 Å². The summed E-state index contributed by atoms with van der Waals surface area (Å²) in [6, 6.07) is 15.0. The van der Waals surface area contributed by atoms with Crippen LogP contribution in [0.3, 0.4) is 0 Å². The Morgan fingerprint density at radius 3 is 2.62 bits per heavy atom. The highest BCUT2D eigenvalue weighted by molar-refractivity contribution is 5.88. The van der Waals surface area contributed by atoms with E-state index in [1.165, 1.54) is 16.7 Å². The molecule has 2 N–H and O–H groups in total. The maximum absolute atomic E-state index is 13.9. The van der Waals surface area contributed by atoms with E-state index < -0.39 is 5.97 Å². The van der Waals surface area contributed by atoms with Crippen LogP contribution in [0.5, 0.6) is 5.75 Å². The molecule has 1 aliphatic heterocycles. The number of nitrogens with zero attached hydrogens (tertiary/aromatic N) is 6. The van der Waals surface area contributed by atoms with Crippen LogP contribution in [-0.2, 0) is 0 Å². The average molecular weight is 527 g/mol. The molecule has 0 aliphatic carbocycles. The molecule has 10 nitrogen and oxygen atoms in total. The van der Waals surface area contributed by atoms with Gasteiger partial charge in [0, 0.05) is 33.4 Å². The summed E-state index contributed by atoms with van der Waals surface area (Å²) in [4.78, 5) is 38.1. The van der Waals surface area contributed by atoms with Gasteiger partial charge in [-0.2, -0.15) is 0 Å². The fourth-order valence-corrected chi connectivity index (χ4v) is 5.12. The SMILES string of the molecule is C=CN(C)C(CN1CC[C@H](n2c(=O)n(-c3ccc(-c4ccc(C(=O)O)cc4)cc3O)c3cccnc32)C1)=NC. The molecule has 0 radical (unpaired) electrons. The number of hydrogen-bond acceptors (Lipinski definition) is 6. The fourth-order valence-electron chi connectivity index (χ4n) is 5.12. The number of imidazole rings is 1. The lowest BCUT2D eigenvalue weighted by Gasteiger charge is -2.22. The molecular weight excluding hydrogens is 496 g/mol. The van der Waals surface area contributed by atoms with Gasteiger partial charge in [0.05, 0.1) is 29.4 Å². The summed E-state index contributed by atoms with van der Waals surface area (Å²) in [5, 5.41) is 20.2. The molecule has 10 heteroatoms. The topological polar surface area (TPSA) is 116 Å². The van der Waals surface area contributed by atoms with E-state index in [9.17, 15) is 14.7 Å². The number of benzene rings is 2. The minimum absolute atomic E-state index is 0.0656. The van der Waals surface area contributed by atoms with Crippen molar-refractivity contribution in [1.29, 1.82) is 0 Å². The summed E-state index contributed by atoms with van der Waals surface area (Å²) >= 11 is 0. The number of aromatic carboxylic acids is 1. The number of carbonyl (C=O) groups is 1. The largest absolute Gasteiger partial charge is 0.506 e. The quantitative estimate of drug-likeness (QED) is 0.279. The van der Waals surface area contributed by atoms with Crippen molar-refractivity contribution >= 4 is 23.0 Å². The molecule has 2 aromatic heterocycles. The number of likely N-dealkylation sites (tertiary alicyclic amines) is 1. The van der Waals surface area contributed by atoms with Crippen molar-refractivity contribution in [2.24, 2.45) is 4.99 Å². The lowest BCUT2D eigenvalue weighted by Crippen LogP contribution is -2.36. The highest BCUT2D eigenvalue weighted by atomic mass is 16.4. The number of aromatic nitrogens is 3. The number of pyridine rings is 1. The third kappa shape index (κ3) is 4.82. The summed E-state index contributed by atoms with van der Waals surface area (Å²) in [6.07, 6.45) is 4.17. The molecule has 4 aromatic rings. The normalized spacial score (nSPS) is 16.1. The van der Waals surface area contributed by atoms with Crippen molar-refractivity contribution < 1.29 is 15.0 Å². The second-order valence-corrected chi connectivity index (χ2v) is 9.53. The molecule has 39 heavy (non-hydrogen) atoms. The Morgan fingerprint density at radius 1 is 1.21 bits per heavy atom. The zero-order chi connectivity index (χ0) is 27.7. The van der Waals surface area contributed by atoms with E-state index in [4.69, 9.17) is 5.11 Å². The van der Waals surface area contributed by atoms with E-state index in [-0.39, 0.29) is 23.0 Å². The maximum Gasteiger partial charge on any atom is 0.335 e. The lowest BCUT2D eigenvalue weighted by molar-refractivity contribution is 0.0697. The first-order valence-electron chi connectivity index (χ1n) is 12.6. The van der Waals surface area contributed by atoms with Gasteiger partial charge in [-0.05, 0) is 60.1 Å². The van der Waals surface area contributed by atoms with Crippen molar-refractivity contribution in [2.75, 3.05) is 33.7 Å².